The predicted molar refractivity (Wildman–Crippen MR) is 72.0 cm³/mol. The Hall–Kier alpha value is -2.09. The van der Waals surface area contributed by atoms with Crippen molar-refractivity contribution in [3.05, 3.63) is 59.7 Å². The molecule has 0 aliphatic heterocycles. The summed E-state index contributed by atoms with van der Waals surface area (Å²) >= 11 is 0. The summed E-state index contributed by atoms with van der Waals surface area (Å²) in [5.41, 5.74) is 10.4. The van der Waals surface area contributed by atoms with Crippen LogP contribution >= 0.6 is 0 Å². The Bertz CT molecular complexity index is 556. The van der Waals surface area contributed by atoms with Gasteiger partial charge in [0.1, 0.15) is 0 Å². The fourth-order valence-corrected chi connectivity index (χ4v) is 2.73. The summed E-state index contributed by atoms with van der Waals surface area (Å²) in [5, 5.41) is 0. The Balaban J connectivity index is 2.21. The number of carbonyl (C=O) groups excluding carboxylic acids is 1. The molecule has 0 saturated carbocycles. The van der Waals surface area contributed by atoms with Crippen LogP contribution in [0.5, 0.6) is 0 Å². The molecule has 0 atom stereocenters. The van der Waals surface area contributed by atoms with E-state index < -0.39 is 0 Å². The molecule has 0 fully saturated rings. The SMILES string of the molecule is NC(=O)C1Cc2ccccc2-c2ccccc2C1. The smallest absolute Gasteiger partial charge is 0.221 e. The molecule has 0 heterocycles. The van der Waals surface area contributed by atoms with Gasteiger partial charge in [-0.25, -0.2) is 0 Å². The van der Waals surface area contributed by atoms with Gasteiger partial charge in [0.15, 0.2) is 0 Å². The van der Waals surface area contributed by atoms with E-state index in [4.69, 9.17) is 5.73 Å². The average Bonchev–Trinajstić information content (AvgIpc) is 2.55. The van der Waals surface area contributed by atoms with Gasteiger partial charge in [0, 0.05) is 5.92 Å². The first-order valence-corrected chi connectivity index (χ1v) is 6.21. The fourth-order valence-electron chi connectivity index (χ4n) is 2.73. The molecule has 0 saturated heterocycles. The van der Waals surface area contributed by atoms with Crippen molar-refractivity contribution in [2.24, 2.45) is 11.7 Å². The van der Waals surface area contributed by atoms with Crippen LogP contribution in [0, 0.1) is 5.92 Å². The maximum absolute atomic E-state index is 11.5. The second-order valence-corrected chi connectivity index (χ2v) is 4.82. The van der Waals surface area contributed by atoms with Crippen molar-refractivity contribution < 1.29 is 4.79 Å². The van der Waals surface area contributed by atoms with E-state index in [1.54, 1.807) is 0 Å². The number of hydrogen-bond acceptors (Lipinski definition) is 1. The van der Waals surface area contributed by atoms with E-state index in [1.807, 2.05) is 24.3 Å². The first-order valence-electron chi connectivity index (χ1n) is 6.21. The van der Waals surface area contributed by atoms with Gasteiger partial charge in [-0.15, -0.1) is 0 Å². The molecule has 2 aromatic carbocycles. The lowest BCUT2D eigenvalue weighted by molar-refractivity contribution is -0.121. The summed E-state index contributed by atoms with van der Waals surface area (Å²) in [6.45, 7) is 0. The second kappa shape index (κ2) is 4.30. The third-order valence-corrected chi connectivity index (χ3v) is 3.66. The van der Waals surface area contributed by atoms with Crippen molar-refractivity contribution in [1.29, 1.82) is 0 Å². The Morgan fingerprint density at radius 1 is 0.889 bits per heavy atom. The number of hydrogen-bond donors (Lipinski definition) is 1. The highest BCUT2D eigenvalue weighted by Crippen LogP contribution is 2.33. The van der Waals surface area contributed by atoms with Crippen molar-refractivity contribution >= 4 is 5.91 Å². The molecular weight excluding hydrogens is 222 g/mol. The number of fused-ring (bicyclic) bond motifs is 3. The third kappa shape index (κ3) is 1.80. The monoisotopic (exact) mass is 237 g/mol. The lowest BCUT2D eigenvalue weighted by Gasteiger charge is -2.10. The largest absolute Gasteiger partial charge is 0.369 e. The highest BCUT2D eigenvalue weighted by Gasteiger charge is 2.23. The van der Waals surface area contributed by atoms with Crippen LogP contribution in [0.4, 0.5) is 0 Å². The van der Waals surface area contributed by atoms with Gasteiger partial charge in [-0.2, -0.15) is 0 Å². The van der Waals surface area contributed by atoms with Crippen LogP contribution in [-0.4, -0.2) is 5.91 Å². The van der Waals surface area contributed by atoms with Gasteiger partial charge >= 0.3 is 0 Å². The molecule has 18 heavy (non-hydrogen) atoms. The van der Waals surface area contributed by atoms with E-state index in [0.717, 1.165) is 12.8 Å². The Labute approximate surface area is 106 Å². The number of primary amides is 1. The van der Waals surface area contributed by atoms with Crippen molar-refractivity contribution in [3.63, 3.8) is 0 Å². The van der Waals surface area contributed by atoms with Gasteiger partial charge in [-0.05, 0) is 35.1 Å². The molecule has 2 aromatic rings. The van der Waals surface area contributed by atoms with Gasteiger partial charge in [0.2, 0.25) is 5.91 Å². The molecule has 1 aliphatic carbocycles. The van der Waals surface area contributed by atoms with E-state index in [2.05, 4.69) is 24.3 Å². The van der Waals surface area contributed by atoms with E-state index in [-0.39, 0.29) is 11.8 Å². The minimum absolute atomic E-state index is 0.102. The molecule has 90 valence electrons. The molecular formula is C16H15NO. The van der Waals surface area contributed by atoms with E-state index in [1.165, 1.54) is 22.3 Å². The van der Waals surface area contributed by atoms with Gasteiger partial charge in [0.25, 0.3) is 0 Å². The zero-order valence-electron chi connectivity index (χ0n) is 10.1. The lowest BCUT2D eigenvalue weighted by atomic mass is 9.95. The zero-order chi connectivity index (χ0) is 12.5. The van der Waals surface area contributed by atoms with E-state index >= 15 is 0 Å². The first-order chi connectivity index (χ1) is 8.75. The number of amides is 1. The van der Waals surface area contributed by atoms with E-state index in [9.17, 15) is 4.79 Å². The number of benzene rings is 2. The van der Waals surface area contributed by atoms with Crippen LogP contribution in [-0.2, 0) is 17.6 Å². The van der Waals surface area contributed by atoms with Gasteiger partial charge in [-0.1, -0.05) is 48.5 Å². The highest BCUT2D eigenvalue weighted by molar-refractivity contribution is 5.80. The molecule has 2 heteroatoms. The summed E-state index contributed by atoms with van der Waals surface area (Å²) in [5.74, 6) is -0.309. The second-order valence-electron chi connectivity index (χ2n) is 4.82. The molecule has 2 nitrogen and oxygen atoms in total. The molecule has 2 N–H and O–H groups in total. The molecule has 1 amide bonds. The van der Waals surface area contributed by atoms with Crippen molar-refractivity contribution in [2.45, 2.75) is 12.8 Å². The summed E-state index contributed by atoms with van der Waals surface area (Å²) in [7, 11) is 0. The Morgan fingerprint density at radius 3 is 1.78 bits per heavy atom. The van der Waals surface area contributed by atoms with Crippen molar-refractivity contribution in [3.8, 4) is 11.1 Å². The van der Waals surface area contributed by atoms with Crippen LogP contribution in [0.15, 0.2) is 48.5 Å². The topological polar surface area (TPSA) is 43.1 Å². The Morgan fingerprint density at radius 2 is 1.33 bits per heavy atom. The summed E-state index contributed by atoms with van der Waals surface area (Å²) < 4.78 is 0. The third-order valence-electron chi connectivity index (χ3n) is 3.66. The molecule has 0 aromatic heterocycles. The fraction of sp³-hybridized carbons (Fsp3) is 0.188. The van der Waals surface area contributed by atoms with Crippen molar-refractivity contribution in [2.75, 3.05) is 0 Å². The zero-order valence-corrected chi connectivity index (χ0v) is 10.1. The van der Waals surface area contributed by atoms with Crippen LogP contribution in [0.3, 0.4) is 0 Å². The van der Waals surface area contributed by atoms with Crippen LogP contribution in [0.2, 0.25) is 0 Å². The van der Waals surface area contributed by atoms with Gasteiger partial charge in [0.05, 0.1) is 0 Å². The molecule has 3 rings (SSSR count). The minimum atomic E-state index is -0.207. The molecule has 0 bridgehead atoms. The normalized spacial score (nSPS) is 14.4. The number of nitrogens with two attached hydrogens (primary N) is 1. The van der Waals surface area contributed by atoms with E-state index in [0.29, 0.717) is 0 Å². The predicted octanol–water partition coefficient (Wildman–Crippen LogP) is 2.55. The molecule has 1 aliphatic rings. The highest BCUT2D eigenvalue weighted by atomic mass is 16.1. The molecule has 0 spiro atoms. The van der Waals surface area contributed by atoms with Crippen LogP contribution < -0.4 is 5.73 Å². The standard InChI is InChI=1S/C16H15NO/c17-16(18)13-9-11-5-1-3-7-14(11)15-8-4-2-6-12(15)10-13/h1-8,13H,9-10H2,(H2,17,18). The molecule has 0 unspecified atom stereocenters. The van der Waals surface area contributed by atoms with Gasteiger partial charge < -0.3 is 5.73 Å². The Kier molecular flexibility index (Phi) is 2.63. The average molecular weight is 237 g/mol. The van der Waals surface area contributed by atoms with Crippen LogP contribution in [0.25, 0.3) is 11.1 Å². The van der Waals surface area contributed by atoms with Crippen molar-refractivity contribution in [1.82, 2.24) is 0 Å². The van der Waals surface area contributed by atoms with Gasteiger partial charge in [-0.3, -0.25) is 4.79 Å². The first kappa shape index (κ1) is 11.0. The lowest BCUT2D eigenvalue weighted by Crippen LogP contribution is -2.26. The van der Waals surface area contributed by atoms with Crippen LogP contribution in [0.1, 0.15) is 11.1 Å². The minimum Gasteiger partial charge on any atom is -0.369 e. The maximum atomic E-state index is 11.5. The summed E-state index contributed by atoms with van der Waals surface area (Å²) in [4.78, 5) is 11.5. The number of carbonyl (C=O) groups is 1. The molecule has 0 radical (unpaired) electrons. The summed E-state index contributed by atoms with van der Waals surface area (Å²) in [6.07, 6.45) is 1.47. The summed E-state index contributed by atoms with van der Waals surface area (Å²) in [6, 6.07) is 16.5. The maximum Gasteiger partial charge on any atom is 0.221 e. The number of rotatable bonds is 1. The quantitative estimate of drug-likeness (QED) is 0.813.